The first-order valence-corrected chi connectivity index (χ1v) is 4.59. The van der Waals surface area contributed by atoms with Crippen LogP contribution in [-0.4, -0.2) is 22.2 Å². The van der Waals surface area contributed by atoms with Crippen LogP contribution in [0.1, 0.15) is 11.1 Å². The van der Waals surface area contributed by atoms with Gasteiger partial charge in [0.25, 0.3) is 0 Å². The molecule has 0 aromatic heterocycles. The number of aliphatic carboxylic acids is 2. The monoisotopic (exact) mass is 222 g/mol. The maximum atomic E-state index is 9.55. The zero-order chi connectivity index (χ0) is 12.6. The highest BCUT2D eigenvalue weighted by Gasteiger charge is 1.88. The van der Waals surface area contributed by atoms with Crippen LogP contribution in [-0.2, 0) is 9.59 Å². The molecule has 0 radical (unpaired) electrons. The molecule has 4 nitrogen and oxygen atoms in total. The quantitative estimate of drug-likeness (QED) is 0.750. The molecule has 2 N–H and O–H groups in total. The molecule has 0 bridgehead atoms. The topological polar surface area (TPSA) is 74.6 Å². The normalized spacial score (nSPS) is 9.38. The molecule has 0 unspecified atom stereocenters. The van der Waals surface area contributed by atoms with E-state index in [2.05, 4.69) is 38.1 Å². The van der Waals surface area contributed by atoms with Crippen LogP contribution in [0.2, 0.25) is 0 Å². The van der Waals surface area contributed by atoms with E-state index in [4.69, 9.17) is 10.2 Å². The third-order valence-corrected chi connectivity index (χ3v) is 1.59. The Kier molecular flexibility index (Phi) is 6.28. The van der Waals surface area contributed by atoms with Crippen molar-refractivity contribution < 1.29 is 19.8 Å². The number of carboxylic acid groups (broad SMARTS) is 2. The van der Waals surface area contributed by atoms with Gasteiger partial charge in [0.1, 0.15) is 0 Å². The van der Waals surface area contributed by atoms with Crippen molar-refractivity contribution in [3.05, 3.63) is 47.5 Å². The minimum absolute atomic E-state index is 0.558. The van der Waals surface area contributed by atoms with Gasteiger partial charge in [-0.15, -0.1) is 0 Å². The number of rotatable bonds is 2. The Labute approximate surface area is 93.8 Å². The van der Waals surface area contributed by atoms with Gasteiger partial charge in [-0.25, -0.2) is 9.59 Å². The average molecular weight is 222 g/mol. The maximum absolute atomic E-state index is 9.55. The van der Waals surface area contributed by atoms with Crippen molar-refractivity contribution >= 4 is 11.9 Å². The Bertz CT molecular complexity index is 340. The summed E-state index contributed by atoms with van der Waals surface area (Å²) >= 11 is 0. The Morgan fingerprint density at radius 2 is 1.12 bits per heavy atom. The van der Waals surface area contributed by atoms with Crippen LogP contribution in [0.15, 0.2) is 36.4 Å². The molecule has 1 aromatic carbocycles. The second-order valence-electron chi connectivity index (χ2n) is 3.16. The van der Waals surface area contributed by atoms with Crippen LogP contribution in [0, 0.1) is 13.8 Å². The first kappa shape index (κ1) is 13.9. The summed E-state index contributed by atoms with van der Waals surface area (Å²) in [5.74, 6) is -2.51. The molecule has 0 amide bonds. The SMILES string of the molecule is Cc1ccc(C)cc1.O=C(O)/C=C\C(=O)O. The van der Waals surface area contributed by atoms with E-state index in [0.29, 0.717) is 12.2 Å². The molecule has 4 heteroatoms. The predicted molar refractivity (Wildman–Crippen MR) is 60.3 cm³/mol. The molecule has 0 aliphatic carbocycles. The molecule has 0 saturated carbocycles. The van der Waals surface area contributed by atoms with Crippen molar-refractivity contribution in [1.29, 1.82) is 0 Å². The van der Waals surface area contributed by atoms with Gasteiger partial charge in [-0.2, -0.15) is 0 Å². The average Bonchev–Trinajstić information content (AvgIpc) is 2.20. The van der Waals surface area contributed by atoms with Gasteiger partial charge in [-0.3, -0.25) is 0 Å². The van der Waals surface area contributed by atoms with Crippen LogP contribution in [0.5, 0.6) is 0 Å². The lowest BCUT2D eigenvalue weighted by atomic mass is 10.2. The molecule has 0 fully saturated rings. The van der Waals surface area contributed by atoms with E-state index in [0.717, 1.165) is 0 Å². The highest BCUT2D eigenvalue weighted by Crippen LogP contribution is 1.99. The highest BCUT2D eigenvalue weighted by atomic mass is 16.4. The van der Waals surface area contributed by atoms with Gasteiger partial charge < -0.3 is 10.2 Å². The number of carbonyl (C=O) groups is 2. The third-order valence-electron chi connectivity index (χ3n) is 1.59. The van der Waals surface area contributed by atoms with Crippen molar-refractivity contribution in [2.45, 2.75) is 13.8 Å². The van der Waals surface area contributed by atoms with Crippen molar-refractivity contribution in [2.24, 2.45) is 0 Å². The first-order valence-electron chi connectivity index (χ1n) is 4.59. The fourth-order valence-corrected chi connectivity index (χ4v) is 0.779. The second-order valence-corrected chi connectivity index (χ2v) is 3.16. The highest BCUT2D eigenvalue weighted by molar-refractivity contribution is 5.89. The van der Waals surface area contributed by atoms with Gasteiger partial charge in [0.15, 0.2) is 0 Å². The summed E-state index contributed by atoms with van der Waals surface area (Å²) in [4.78, 5) is 19.1. The van der Waals surface area contributed by atoms with Crippen LogP contribution in [0.3, 0.4) is 0 Å². The maximum Gasteiger partial charge on any atom is 0.328 e. The van der Waals surface area contributed by atoms with E-state index >= 15 is 0 Å². The number of carboxylic acids is 2. The lowest BCUT2D eigenvalue weighted by Gasteiger charge is -1.90. The molecule has 0 atom stereocenters. The molecule has 0 aliphatic heterocycles. The largest absolute Gasteiger partial charge is 0.478 e. The van der Waals surface area contributed by atoms with E-state index in [9.17, 15) is 9.59 Å². The van der Waals surface area contributed by atoms with E-state index in [1.807, 2.05) is 0 Å². The number of hydrogen-bond acceptors (Lipinski definition) is 2. The van der Waals surface area contributed by atoms with Crippen molar-refractivity contribution in [3.8, 4) is 0 Å². The Morgan fingerprint density at radius 1 is 0.875 bits per heavy atom. The Hall–Kier alpha value is -2.10. The Morgan fingerprint density at radius 3 is 1.31 bits per heavy atom. The summed E-state index contributed by atoms with van der Waals surface area (Å²) < 4.78 is 0. The summed E-state index contributed by atoms with van der Waals surface area (Å²) in [6.45, 7) is 4.19. The molecule has 86 valence electrons. The predicted octanol–water partition coefficient (Wildman–Crippen LogP) is 2.02. The molecule has 16 heavy (non-hydrogen) atoms. The Balaban J connectivity index is 0.000000281. The van der Waals surface area contributed by atoms with Gasteiger partial charge in [0.2, 0.25) is 0 Å². The lowest BCUT2D eigenvalue weighted by molar-refractivity contribution is -0.134. The third kappa shape index (κ3) is 8.50. The number of aryl methyl sites for hydroxylation is 2. The van der Waals surface area contributed by atoms with E-state index in [1.165, 1.54) is 11.1 Å². The smallest absolute Gasteiger partial charge is 0.328 e. The summed E-state index contributed by atoms with van der Waals surface area (Å²) in [6, 6.07) is 8.48. The molecular formula is C12H14O4. The molecule has 0 saturated heterocycles. The fourth-order valence-electron chi connectivity index (χ4n) is 0.779. The van der Waals surface area contributed by atoms with Crippen LogP contribution >= 0.6 is 0 Å². The summed E-state index contributed by atoms with van der Waals surface area (Å²) in [5, 5.41) is 15.6. The van der Waals surface area contributed by atoms with Gasteiger partial charge in [0, 0.05) is 12.2 Å². The zero-order valence-electron chi connectivity index (χ0n) is 9.18. The van der Waals surface area contributed by atoms with Gasteiger partial charge in [-0.05, 0) is 13.8 Å². The van der Waals surface area contributed by atoms with E-state index < -0.39 is 11.9 Å². The van der Waals surface area contributed by atoms with Crippen LogP contribution in [0.4, 0.5) is 0 Å². The van der Waals surface area contributed by atoms with Gasteiger partial charge in [-0.1, -0.05) is 35.4 Å². The molecule has 0 heterocycles. The minimum atomic E-state index is -1.26. The van der Waals surface area contributed by atoms with Crippen molar-refractivity contribution in [3.63, 3.8) is 0 Å². The lowest BCUT2D eigenvalue weighted by Crippen LogP contribution is -1.91. The summed E-state index contributed by atoms with van der Waals surface area (Å²) in [6.07, 6.45) is 1.12. The molecule has 0 aliphatic rings. The molecule has 0 spiro atoms. The molecular weight excluding hydrogens is 208 g/mol. The fraction of sp³-hybridized carbons (Fsp3) is 0.167. The summed E-state index contributed by atoms with van der Waals surface area (Å²) in [5.41, 5.74) is 2.66. The minimum Gasteiger partial charge on any atom is -0.478 e. The van der Waals surface area contributed by atoms with Gasteiger partial charge >= 0.3 is 11.9 Å². The molecule has 1 aromatic rings. The molecule has 1 rings (SSSR count). The summed E-state index contributed by atoms with van der Waals surface area (Å²) in [7, 11) is 0. The van der Waals surface area contributed by atoms with Crippen LogP contribution in [0.25, 0.3) is 0 Å². The zero-order valence-corrected chi connectivity index (χ0v) is 9.18. The standard InChI is InChI=1S/C8H10.C4H4O4/c1-7-3-5-8(2)6-4-7;5-3(6)1-2-4(7)8/h3-6H,1-2H3;1-2H,(H,5,6)(H,7,8)/b;2-1-. The van der Waals surface area contributed by atoms with E-state index in [1.54, 1.807) is 0 Å². The first-order chi connectivity index (χ1) is 7.41. The van der Waals surface area contributed by atoms with Gasteiger partial charge in [0.05, 0.1) is 0 Å². The van der Waals surface area contributed by atoms with Crippen LogP contribution < -0.4 is 0 Å². The van der Waals surface area contributed by atoms with Crippen molar-refractivity contribution in [2.75, 3.05) is 0 Å². The van der Waals surface area contributed by atoms with Crippen molar-refractivity contribution in [1.82, 2.24) is 0 Å². The number of hydrogen-bond donors (Lipinski definition) is 2. The second kappa shape index (κ2) is 7.23. The number of benzene rings is 1. The van der Waals surface area contributed by atoms with E-state index in [-0.39, 0.29) is 0 Å².